The van der Waals surface area contributed by atoms with Gasteiger partial charge in [0.15, 0.2) is 6.61 Å². The molecular weight excluding hydrogens is 384 g/mol. The van der Waals surface area contributed by atoms with Crippen LogP contribution in [0.25, 0.3) is 0 Å². The number of carbonyl (C=O) groups excluding carboxylic acids is 2. The minimum absolute atomic E-state index is 0.0194. The highest BCUT2D eigenvalue weighted by molar-refractivity contribution is 7.12. The zero-order chi connectivity index (χ0) is 18.8. The molecule has 0 radical (unpaired) electrons. The van der Waals surface area contributed by atoms with Crippen LogP contribution in [0.5, 0.6) is 5.75 Å². The zero-order valence-electron chi connectivity index (χ0n) is 14.1. The highest BCUT2D eigenvalue weighted by Gasteiger charge is 2.26. The van der Waals surface area contributed by atoms with Gasteiger partial charge >= 0.3 is 0 Å². The van der Waals surface area contributed by atoms with Crippen molar-refractivity contribution in [1.29, 1.82) is 0 Å². The minimum Gasteiger partial charge on any atom is -0.482 e. The number of amides is 2. The number of anilines is 2. The molecule has 5 nitrogen and oxygen atoms in total. The van der Waals surface area contributed by atoms with Gasteiger partial charge in [-0.15, -0.1) is 11.3 Å². The number of hydrogen-bond acceptors (Lipinski definition) is 4. The van der Waals surface area contributed by atoms with Crippen molar-refractivity contribution in [3.8, 4) is 5.75 Å². The van der Waals surface area contributed by atoms with Gasteiger partial charge in [0.25, 0.3) is 11.8 Å². The molecule has 0 saturated carbocycles. The van der Waals surface area contributed by atoms with E-state index in [2.05, 4.69) is 5.32 Å². The fourth-order valence-electron chi connectivity index (χ4n) is 2.87. The molecule has 0 spiro atoms. The fourth-order valence-corrected chi connectivity index (χ4v) is 3.70. The number of ether oxygens (including phenoxy) is 1. The van der Waals surface area contributed by atoms with Gasteiger partial charge in [-0.05, 0) is 47.3 Å². The summed E-state index contributed by atoms with van der Waals surface area (Å²) in [5.41, 5.74) is 2.13. The van der Waals surface area contributed by atoms with Crippen molar-refractivity contribution >= 4 is 46.1 Å². The van der Waals surface area contributed by atoms with Crippen molar-refractivity contribution in [3.05, 3.63) is 75.4 Å². The number of fused-ring (bicyclic) bond motifs is 1. The Bertz CT molecular complexity index is 1000. The Balaban J connectivity index is 1.62. The van der Waals surface area contributed by atoms with Crippen LogP contribution in [-0.2, 0) is 11.3 Å². The largest absolute Gasteiger partial charge is 0.482 e. The molecule has 7 heteroatoms. The Kier molecular flexibility index (Phi) is 4.83. The molecule has 136 valence electrons. The summed E-state index contributed by atoms with van der Waals surface area (Å²) >= 11 is 7.43. The standard InChI is InChI=1S/C20H15ClN2O3S/c21-14-4-1-3-13(9-14)11-23-16-10-15(6-7-17(16)26-12-19(23)24)22-20(25)18-5-2-8-27-18/h1-10H,11-12H2,(H,22,25). The molecule has 0 fully saturated rings. The second-order valence-corrected chi connectivity index (χ2v) is 7.40. The van der Waals surface area contributed by atoms with Crippen molar-refractivity contribution in [2.24, 2.45) is 0 Å². The van der Waals surface area contributed by atoms with E-state index >= 15 is 0 Å². The van der Waals surface area contributed by atoms with E-state index in [1.54, 1.807) is 35.2 Å². The van der Waals surface area contributed by atoms with Crippen LogP contribution in [0.4, 0.5) is 11.4 Å². The Morgan fingerprint density at radius 1 is 1.19 bits per heavy atom. The molecule has 27 heavy (non-hydrogen) atoms. The number of halogens is 1. The van der Waals surface area contributed by atoms with Gasteiger partial charge in [-0.2, -0.15) is 0 Å². The number of rotatable bonds is 4. The van der Waals surface area contributed by atoms with Crippen molar-refractivity contribution < 1.29 is 14.3 Å². The summed E-state index contributed by atoms with van der Waals surface area (Å²) in [6, 6.07) is 16.2. The summed E-state index contributed by atoms with van der Waals surface area (Å²) in [7, 11) is 0. The molecule has 1 aliphatic rings. The second kappa shape index (κ2) is 7.42. The van der Waals surface area contributed by atoms with Crippen LogP contribution in [0.2, 0.25) is 5.02 Å². The van der Waals surface area contributed by atoms with Crippen molar-refractivity contribution in [1.82, 2.24) is 0 Å². The quantitative estimate of drug-likeness (QED) is 0.699. The van der Waals surface area contributed by atoms with Gasteiger partial charge in [0, 0.05) is 10.7 Å². The fraction of sp³-hybridized carbons (Fsp3) is 0.100. The van der Waals surface area contributed by atoms with Crippen molar-refractivity contribution in [3.63, 3.8) is 0 Å². The maximum atomic E-state index is 12.4. The number of thiophene rings is 1. The average Bonchev–Trinajstić information content (AvgIpc) is 3.19. The SMILES string of the molecule is O=C(Nc1ccc2c(c1)N(Cc1cccc(Cl)c1)C(=O)CO2)c1cccs1. The maximum Gasteiger partial charge on any atom is 0.265 e. The first kappa shape index (κ1) is 17.6. The third-order valence-corrected chi connectivity index (χ3v) is 5.24. The van der Waals surface area contributed by atoms with Gasteiger partial charge in [0.05, 0.1) is 17.1 Å². The normalized spacial score (nSPS) is 13.1. The molecule has 4 rings (SSSR count). The van der Waals surface area contributed by atoms with E-state index in [-0.39, 0.29) is 18.4 Å². The summed E-state index contributed by atoms with van der Waals surface area (Å²) in [6.07, 6.45) is 0. The third-order valence-electron chi connectivity index (χ3n) is 4.13. The van der Waals surface area contributed by atoms with Crippen molar-refractivity contribution in [2.45, 2.75) is 6.54 Å². The van der Waals surface area contributed by atoms with E-state index in [1.165, 1.54) is 11.3 Å². The minimum atomic E-state index is -0.186. The first-order chi connectivity index (χ1) is 13.1. The molecule has 0 aliphatic carbocycles. The van der Waals surface area contributed by atoms with Gasteiger partial charge in [0.1, 0.15) is 5.75 Å². The molecule has 1 aromatic heterocycles. The van der Waals surface area contributed by atoms with Gasteiger partial charge < -0.3 is 15.0 Å². The Morgan fingerprint density at radius 3 is 2.85 bits per heavy atom. The molecule has 1 aliphatic heterocycles. The number of carbonyl (C=O) groups is 2. The summed E-state index contributed by atoms with van der Waals surface area (Å²) < 4.78 is 5.53. The van der Waals surface area contributed by atoms with Crippen LogP contribution in [-0.4, -0.2) is 18.4 Å². The highest BCUT2D eigenvalue weighted by Crippen LogP contribution is 2.36. The summed E-state index contributed by atoms with van der Waals surface area (Å²) in [4.78, 5) is 27.0. The topological polar surface area (TPSA) is 58.6 Å². The van der Waals surface area contributed by atoms with E-state index in [0.29, 0.717) is 33.6 Å². The van der Waals surface area contributed by atoms with Crippen LogP contribution >= 0.6 is 22.9 Å². The molecule has 0 bridgehead atoms. The van der Waals surface area contributed by atoms with Crippen LogP contribution in [0, 0.1) is 0 Å². The van der Waals surface area contributed by atoms with E-state index in [9.17, 15) is 9.59 Å². The predicted octanol–water partition coefficient (Wildman–Crippen LogP) is 4.58. The van der Waals surface area contributed by atoms with E-state index in [0.717, 1.165) is 5.56 Å². The first-order valence-corrected chi connectivity index (χ1v) is 9.52. The van der Waals surface area contributed by atoms with Crippen LogP contribution in [0.1, 0.15) is 15.2 Å². The third kappa shape index (κ3) is 3.82. The van der Waals surface area contributed by atoms with Crippen LogP contribution in [0.15, 0.2) is 60.0 Å². The molecular formula is C20H15ClN2O3S. The summed E-state index contributed by atoms with van der Waals surface area (Å²) in [6.45, 7) is 0.354. The van der Waals surface area contributed by atoms with Gasteiger partial charge in [-0.25, -0.2) is 0 Å². The van der Waals surface area contributed by atoms with E-state index in [1.807, 2.05) is 29.6 Å². The lowest BCUT2D eigenvalue weighted by Crippen LogP contribution is -2.38. The monoisotopic (exact) mass is 398 g/mol. The molecule has 2 aromatic carbocycles. The second-order valence-electron chi connectivity index (χ2n) is 6.01. The van der Waals surface area contributed by atoms with E-state index in [4.69, 9.17) is 16.3 Å². The van der Waals surface area contributed by atoms with Crippen LogP contribution in [0.3, 0.4) is 0 Å². The predicted molar refractivity (Wildman–Crippen MR) is 107 cm³/mol. The van der Waals surface area contributed by atoms with Crippen LogP contribution < -0.4 is 15.0 Å². The van der Waals surface area contributed by atoms with Gasteiger partial charge in [0.2, 0.25) is 0 Å². The van der Waals surface area contributed by atoms with E-state index < -0.39 is 0 Å². The Hall–Kier alpha value is -2.83. The average molecular weight is 399 g/mol. The number of benzene rings is 2. The number of nitrogens with zero attached hydrogens (tertiary/aromatic N) is 1. The molecule has 3 aromatic rings. The molecule has 2 heterocycles. The smallest absolute Gasteiger partial charge is 0.265 e. The summed E-state index contributed by atoms with van der Waals surface area (Å²) in [5.74, 6) is 0.268. The zero-order valence-corrected chi connectivity index (χ0v) is 15.7. The Labute approximate surface area is 165 Å². The summed E-state index contributed by atoms with van der Waals surface area (Å²) in [5, 5.41) is 5.32. The van der Waals surface area contributed by atoms with Gasteiger partial charge in [-0.3, -0.25) is 9.59 Å². The Morgan fingerprint density at radius 2 is 2.07 bits per heavy atom. The number of nitrogens with one attached hydrogen (secondary N) is 1. The molecule has 0 saturated heterocycles. The molecule has 1 N–H and O–H groups in total. The van der Waals surface area contributed by atoms with Crippen molar-refractivity contribution in [2.75, 3.05) is 16.8 Å². The highest BCUT2D eigenvalue weighted by atomic mass is 35.5. The lowest BCUT2D eigenvalue weighted by atomic mass is 10.1. The lowest BCUT2D eigenvalue weighted by Gasteiger charge is -2.30. The molecule has 0 atom stereocenters. The maximum absolute atomic E-state index is 12.4. The molecule has 2 amide bonds. The molecule has 0 unspecified atom stereocenters. The number of hydrogen-bond donors (Lipinski definition) is 1. The lowest BCUT2D eigenvalue weighted by molar-refractivity contribution is -0.121. The van der Waals surface area contributed by atoms with Gasteiger partial charge in [-0.1, -0.05) is 29.8 Å². The first-order valence-electron chi connectivity index (χ1n) is 8.27.